The molecule has 0 saturated heterocycles. The van der Waals surface area contributed by atoms with Gasteiger partial charge in [-0.1, -0.05) is 97.1 Å². The number of benzene rings is 5. The van der Waals surface area contributed by atoms with Crippen LogP contribution in [0, 0.1) is 0 Å². The minimum Gasteiger partial charge on any atom is -0.457 e. The van der Waals surface area contributed by atoms with Gasteiger partial charge in [-0.05, 0) is 47.5 Å². The molecule has 0 aromatic heterocycles. The van der Waals surface area contributed by atoms with Crippen LogP contribution in [0.1, 0.15) is 0 Å². The minimum atomic E-state index is -5.05. The Labute approximate surface area is 246 Å². The van der Waals surface area contributed by atoms with Crippen LogP contribution < -0.4 is 9.47 Å². The Morgan fingerprint density at radius 1 is 0.476 bits per heavy atom. The second-order valence-electron chi connectivity index (χ2n) is 8.44. The van der Waals surface area contributed by atoms with Gasteiger partial charge in [0, 0.05) is 5.56 Å². The van der Waals surface area contributed by atoms with Crippen LogP contribution in [0.15, 0.2) is 133 Å². The monoisotopic (exact) mass is 626 g/mol. The van der Waals surface area contributed by atoms with Gasteiger partial charge in [0.15, 0.2) is 0 Å². The minimum absolute atomic E-state index is 0. The lowest BCUT2D eigenvalue weighted by molar-refractivity contribution is 0.225. The molecule has 0 fully saturated rings. The third-order valence-corrected chi connectivity index (χ3v) is 7.12. The van der Waals surface area contributed by atoms with E-state index >= 15 is 0 Å². The van der Waals surface area contributed by atoms with Crippen molar-refractivity contribution >= 4 is 25.5 Å². The highest BCUT2D eigenvalue weighted by Gasteiger charge is 2.28. The number of para-hydroxylation sites is 2. The highest BCUT2D eigenvalue weighted by Crippen LogP contribution is 2.54. The second-order valence-corrected chi connectivity index (χ2v) is 11.1. The molecule has 9 nitrogen and oxygen atoms in total. The van der Waals surface area contributed by atoms with Crippen molar-refractivity contribution in [2.75, 3.05) is 0 Å². The molecule has 0 heterocycles. The molecule has 1 unspecified atom stereocenters. The fourth-order valence-electron chi connectivity index (χ4n) is 3.84. The molecule has 0 aliphatic heterocycles. The molecule has 0 amide bonds. The molecule has 5 aromatic rings. The van der Waals surface area contributed by atoms with Crippen molar-refractivity contribution in [2.24, 2.45) is 0 Å². The quantitative estimate of drug-likeness (QED) is 0.127. The zero-order valence-corrected chi connectivity index (χ0v) is 25.3. The molecule has 0 saturated carbocycles. The number of hydrogen-bond acceptors (Lipinski definition) is 5. The topological polar surface area (TPSA) is 143 Å². The third kappa shape index (κ3) is 10.0. The van der Waals surface area contributed by atoms with E-state index in [1.807, 2.05) is 103 Å². The van der Waals surface area contributed by atoms with Crippen molar-refractivity contribution in [3.63, 3.8) is 0 Å². The maximum Gasteiger partial charge on any atom is 0.478 e. The summed E-state index contributed by atoms with van der Waals surface area (Å²) in [5, 5.41) is 0. The second kappa shape index (κ2) is 15.0. The van der Waals surface area contributed by atoms with Gasteiger partial charge in [0.1, 0.15) is 23.0 Å². The molecular formula is C30H29O9P3. The number of ether oxygens (including phenoxy) is 2. The van der Waals surface area contributed by atoms with Gasteiger partial charge in [-0.25, -0.2) is 9.13 Å². The summed E-state index contributed by atoms with van der Waals surface area (Å²) in [5.74, 6) is 3.07. The SMILES string of the molecule is O=P(O)(O)OP(=O)(O)O.P.c1ccc(Oc2ccc(-c3ccccc3)c(Oc3ccccc3)c2-c2ccccc2)cc1. The van der Waals surface area contributed by atoms with E-state index in [2.05, 4.69) is 34.6 Å². The predicted molar refractivity (Wildman–Crippen MR) is 167 cm³/mol. The average molecular weight is 626 g/mol. The van der Waals surface area contributed by atoms with Crippen LogP contribution >= 0.6 is 25.5 Å². The summed E-state index contributed by atoms with van der Waals surface area (Å²) in [4.78, 5) is 31.0. The first-order chi connectivity index (χ1) is 19.6. The molecule has 218 valence electrons. The van der Waals surface area contributed by atoms with Gasteiger partial charge in [0.2, 0.25) is 0 Å². The van der Waals surface area contributed by atoms with E-state index < -0.39 is 15.6 Å². The summed E-state index contributed by atoms with van der Waals surface area (Å²) in [7, 11) is -10.1. The van der Waals surface area contributed by atoms with Crippen molar-refractivity contribution in [1.29, 1.82) is 0 Å². The lowest BCUT2D eigenvalue weighted by atomic mass is 9.96. The number of hydrogen-bond donors (Lipinski definition) is 4. The average Bonchev–Trinajstić information content (AvgIpc) is 2.94. The van der Waals surface area contributed by atoms with Crippen LogP contribution in [-0.2, 0) is 13.4 Å². The molecule has 0 bridgehead atoms. The highest BCUT2D eigenvalue weighted by molar-refractivity contribution is 7.60. The Bertz CT molecular complexity index is 1620. The molecule has 42 heavy (non-hydrogen) atoms. The van der Waals surface area contributed by atoms with Crippen LogP contribution in [0.3, 0.4) is 0 Å². The summed E-state index contributed by atoms with van der Waals surface area (Å²) in [6.45, 7) is 0. The van der Waals surface area contributed by atoms with Crippen molar-refractivity contribution in [1.82, 2.24) is 0 Å². The van der Waals surface area contributed by atoms with Gasteiger partial charge in [-0.15, -0.1) is 0 Å². The van der Waals surface area contributed by atoms with Gasteiger partial charge in [0.05, 0.1) is 5.56 Å². The predicted octanol–water partition coefficient (Wildman–Crippen LogP) is 7.85. The van der Waals surface area contributed by atoms with E-state index in [-0.39, 0.29) is 9.90 Å². The molecule has 12 heteroatoms. The summed E-state index contributed by atoms with van der Waals surface area (Å²) in [5.41, 5.74) is 4.04. The largest absolute Gasteiger partial charge is 0.478 e. The zero-order valence-electron chi connectivity index (χ0n) is 22.1. The van der Waals surface area contributed by atoms with Gasteiger partial charge < -0.3 is 29.0 Å². The van der Waals surface area contributed by atoms with E-state index in [0.29, 0.717) is 0 Å². The van der Waals surface area contributed by atoms with Crippen LogP contribution in [0.5, 0.6) is 23.0 Å². The van der Waals surface area contributed by atoms with E-state index in [1.165, 1.54) is 0 Å². The molecule has 5 rings (SSSR count). The van der Waals surface area contributed by atoms with Gasteiger partial charge in [-0.2, -0.15) is 14.2 Å². The van der Waals surface area contributed by atoms with Gasteiger partial charge in [0.25, 0.3) is 0 Å². The first kappa shape index (κ1) is 32.9. The highest BCUT2D eigenvalue weighted by atomic mass is 31.3. The van der Waals surface area contributed by atoms with Gasteiger partial charge >= 0.3 is 15.6 Å². The summed E-state index contributed by atoms with van der Waals surface area (Å²) >= 11 is 0. The van der Waals surface area contributed by atoms with Crippen molar-refractivity contribution < 1.29 is 42.5 Å². The molecule has 0 radical (unpaired) electrons. The van der Waals surface area contributed by atoms with E-state index in [1.54, 1.807) is 0 Å². The zero-order chi connectivity index (χ0) is 29.3. The van der Waals surface area contributed by atoms with Crippen LogP contribution in [0.4, 0.5) is 0 Å². The molecule has 0 aliphatic carbocycles. The molecule has 0 aliphatic rings. The maximum absolute atomic E-state index is 9.63. The summed E-state index contributed by atoms with van der Waals surface area (Å²) < 4.78 is 35.1. The smallest absolute Gasteiger partial charge is 0.457 e. The van der Waals surface area contributed by atoms with Crippen LogP contribution in [-0.4, -0.2) is 19.6 Å². The van der Waals surface area contributed by atoms with E-state index in [4.69, 9.17) is 29.0 Å². The number of rotatable bonds is 8. The molecule has 1 atom stereocenters. The van der Waals surface area contributed by atoms with Crippen LogP contribution in [0.2, 0.25) is 0 Å². The Hall–Kier alpha value is -3.61. The van der Waals surface area contributed by atoms with E-state index in [9.17, 15) is 9.13 Å². The first-order valence-electron chi connectivity index (χ1n) is 12.2. The summed E-state index contributed by atoms with van der Waals surface area (Å²) in [6.07, 6.45) is 0. The summed E-state index contributed by atoms with van der Waals surface area (Å²) in [6, 6.07) is 44.3. The van der Waals surface area contributed by atoms with Gasteiger partial charge in [-0.3, -0.25) is 0 Å². The fourth-order valence-corrected chi connectivity index (χ4v) is 4.95. The number of phosphoric acid groups is 2. The lowest BCUT2D eigenvalue weighted by Crippen LogP contribution is -1.96. The lowest BCUT2D eigenvalue weighted by Gasteiger charge is -2.20. The molecule has 4 N–H and O–H groups in total. The van der Waals surface area contributed by atoms with Crippen molar-refractivity contribution in [2.45, 2.75) is 0 Å². The Balaban J connectivity index is 0.000000423. The Morgan fingerprint density at radius 2 is 0.881 bits per heavy atom. The first-order valence-corrected chi connectivity index (χ1v) is 15.2. The molecule has 5 aromatic carbocycles. The molecule has 0 spiro atoms. The maximum atomic E-state index is 9.63. The van der Waals surface area contributed by atoms with Crippen molar-refractivity contribution in [3.05, 3.63) is 133 Å². The Morgan fingerprint density at radius 3 is 1.31 bits per heavy atom. The Kier molecular flexibility index (Phi) is 11.8. The van der Waals surface area contributed by atoms with Crippen LogP contribution in [0.25, 0.3) is 22.3 Å². The van der Waals surface area contributed by atoms with Crippen molar-refractivity contribution in [3.8, 4) is 45.3 Å². The third-order valence-electron chi connectivity index (χ3n) is 5.41. The van der Waals surface area contributed by atoms with E-state index in [0.717, 1.165) is 45.3 Å². The normalized spacial score (nSPS) is 11.0. The fraction of sp³-hybridized carbons (Fsp3) is 0. The molecular weight excluding hydrogens is 597 g/mol. The standard InChI is InChI=1S/C30H22O2.H4O7P2.H3P/c1-5-13-23(14-6-1)27-21-22-28(31-25-17-9-3-10-18-25)29(24-15-7-2-8-16-24)30(27)32-26-19-11-4-12-20-26;1-8(2,3)7-9(4,5)6;/h1-22H;(H2,1,2,3)(H2,4,5,6);1H3.